The van der Waals surface area contributed by atoms with E-state index >= 15 is 0 Å². The Morgan fingerprint density at radius 1 is 1.32 bits per heavy atom. The Hall–Kier alpha value is -1.36. The van der Waals surface area contributed by atoms with Gasteiger partial charge in [-0.05, 0) is 34.7 Å². The molecule has 1 N–H and O–H groups in total. The lowest BCUT2D eigenvalue weighted by atomic mass is 10.1. The summed E-state index contributed by atoms with van der Waals surface area (Å²) < 4.78 is 4.89. The average Bonchev–Trinajstić information content (AvgIpc) is 2.89. The van der Waals surface area contributed by atoms with E-state index in [4.69, 9.17) is 16.3 Å². The van der Waals surface area contributed by atoms with Crippen molar-refractivity contribution in [3.8, 4) is 11.1 Å². The van der Waals surface area contributed by atoms with Crippen LogP contribution in [0.25, 0.3) is 11.1 Å². The fourth-order valence-electron chi connectivity index (χ4n) is 1.60. The minimum Gasteiger partial charge on any atom is -0.383 e. The summed E-state index contributed by atoms with van der Waals surface area (Å²) in [5, 5.41) is 5.47. The largest absolute Gasteiger partial charge is 0.383 e. The average molecular weight is 296 g/mol. The summed E-state index contributed by atoms with van der Waals surface area (Å²) in [5.74, 6) is -0.0673. The number of carbonyl (C=O) groups is 1. The van der Waals surface area contributed by atoms with Crippen molar-refractivity contribution in [2.24, 2.45) is 0 Å². The SMILES string of the molecule is COCCNC(=O)c1cc(-c2ccc(Cl)cc2)cs1. The molecule has 0 spiro atoms. The van der Waals surface area contributed by atoms with Crippen molar-refractivity contribution in [3.05, 3.63) is 45.6 Å². The van der Waals surface area contributed by atoms with Gasteiger partial charge in [-0.15, -0.1) is 11.3 Å². The molecule has 1 heterocycles. The van der Waals surface area contributed by atoms with Crippen LogP contribution in [-0.2, 0) is 4.74 Å². The summed E-state index contributed by atoms with van der Waals surface area (Å²) in [6.07, 6.45) is 0. The maximum atomic E-state index is 11.8. The van der Waals surface area contributed by atoms with E-state index in [1.54, 1.807) is 7.11 Å². The van der Waals surface area contributed by atoms with E-state index < -0.39 is 0 Å². The third-order valence-electron chi connectivity index (χ3n) is 2.59. The molecule has 0 bridgehead atoms. The summed E-state index contributed by atoms with van der Waals surface area (Å²) in [7, 11) is 1.61. The van der Waals surface area contributed by atoms with Crippen LogP contribution in [0.1, 0.15) is 9.67 Å². The predicted molar refractivity (Wildman–Crippen MR) is 79.0 cm³/mol. The molecule has 5 heteroatoms. The second kappa shape index (κ2) is 6.70. The van der Waals surface area contributed by atoms with E-state index in [2.05, 4.69) is 5.32 Å². The molecule has 1 amide bonds. The van der Waals surface area contributed by atoms with E-state index in [1.807, 2.05) is 35.7 Å². The number of rotatable bonds is 5. The number of benzene rings is 1. The Kier molecular flexibility index (Phi) is 4.96. The van der Waals surface area contributed by atoms with Crippen LogP contribution in [0, 0.1) is 0 Å². The van der Waals surface area contributed by atoms with E-state index in [0.29, 0.717) is 23.1 Å². The van der Waals surface area contributed by atoms with Gasteiger partial charge in [-0.1, -0.05) is 23.7 Å². The van der Waals surface area contributed by atoms with E-state index in [0.717, 1.165) is 11.1 Å². The van der Waals surface area contributed by atoms with Gasteiger partial charge in [-0.2, -0.15) is 0 Å². The fourth-order valence-corrected chi connectivity index (χ4v) is 2.56. The van der Waals surface area contributed by atoms with Crippen LogP contribution in [0.15, 0.2) is 35.7 Å². The van der Waals surface area contributed by atoms with Gasteiger partial charge in [-0.25, -0.2) is 0 Å². The predicted octanol–water partition coefficient (Wildman–Crippen LogP) is 3.44. The van der Waals surface area contributed by atoms with Gasteiger partial charge in [0.15, 0.2) is 0 Å². The van der Waals surface area contributed by atoms with E-state index in [9.17, 15) is 4.79 Å². The third-order valence-corrected chi connectivity index (χ3v) is 3.77. The van der Waals surface area contributed by atoms with Crippen molar-refractivity contribution in [2.75, 3.05) is 20.3 Å². The zero-order valence-corrected chi connectivity index (χ0v) is 12.1. The summed E-state index contributed by atoms with van der Waals surface area (Å²) in [5.41, 5.74) is 2.08. The molecule has 0 atom stereocenters. The first kappa shape index (κ1) is 14.1. The monoisotopic (exact) mass is 295 g/mol. The fraction of sp³-hybridized carbons (Fsp3) is 0.214. The molecule has 0 saturated heterocycles. The van der Waals surface area contributed by atoms with Crippen molar-refractivity contribution < 1.29 is 9.53 Å². The van der Waals surface area contributed by atoms with Crippen LogP contribution in [0.4, 0.5) is 0 Å². The molecule has 0 radical (unpaired) electrons. The van der Waals surface area contributed by atoms with Gasteiger partial charge in [0.1, 0.15) is 0 Å². The minimum atomic E-state index is -0.0673. The molecular formula is C14H14ClNO2S. The summed E-state index contributed by atoms with van der Waals surface area (Å²) in [6, 6.07) is 9.45. The number of halogens is 1. The number of amides is 1. The van der Waals surface area contributed by atoms with Crippen molar-refractivity contribution in [2.45, 2.75) is 0 Å². The summed E-state index contributed by atoms with van der Waals surface area (Å²) in [4.78, 5) is 12.5. The van der Waals surface area contributed by atoms with Gasteiger partial charge in [-0.3, -0.25) is 4.79 Å². The Morgan fingerprint density at radius 2 is 2.05 bits per heavy atom. The first-order valence-corrected chi connectivity index (χ1v) is 7.08. The molecule has 0 fully saturated rings. The van der Waals surface area contributed by atoms with E-state index in [-0.39, 0.29) is 5.91 Å². The first-order chi connectivity index (χ1) is 9.20. The second-order valence-corrected chi connectivity index (χ2v) is 5.30. The van der Waals surface area contributed by atoms with Gasteiger partial charge in [0.05, 0.1) is 11.5 Å². The Morgan fingerprint density at radius 3 is 2.74 bits per heavy atom. The Labute approximate surface area is 121 Å². The topological polar surface area (TPSA) is 38.3 Å². The Balaban J connectivity index is 2.06. The summed E-state index contributed by atoms with van der Waals surface area (Å²) >= 11 is 7.28. The number of carbonyl (C=O) groups excluding carboxylic acids is 1. The van der Waals surface area contributed by atoms with E-state index in [1.165, 1.54) is 11.3 Å². The molecule has 100 valence electrons. The highest BCUT2D eigenvalue weighted by Gasteiger charge is 2.09. The molecule has 1 aromatic carbocycles. The van der Waals surface area contributed by atoms with Crippen LogP contribution in [0.5, 0.6) is 0 Å². The highest BCUT2D eigenvalue weighted by Crippen LogP contribution is 2.26. The van der Waals surface area contributed by atoms with Gasteiger partial charge in [0.2, 0.25) is 0 Å². The van der Waals surface area contributed by atoms with Gasteiger partial charge in [0.25, 0.3) is 5.91 Å². The molecule has 0 aliphatic rings. The molecule has 2 aromatic rings. The van der Waals surface area contributed by atoms with Crippen LogP contribution >= 0.6 is 22.9 Å². The molecule has 3 nitrogen and oxygen atoms in total. The smallest absolute Gasteiger partial charge is 0.261 e. The number of methoxy groups -OCH3 is 1. The number of nitrogens with one attached hydrogen (secondary N) is 1. The van der Waals surface area contributed by atoms with Crippen LogP contribution < -0.4 is 5.32 Å². The molecule has 19 heavy (non-hydrogen) atoms. The van der Waals surface area contributed by atoms with Crippen molar-refractivity contribution in [1.29, 1.82) is 0 Å². The quantitative estimate of drug-likeness (QED) is 0.858. The summed E-state index contributed by atoms with van der Waals surface area (Å²) in [6.45, 7) is 1.03. The number of hydrogen-bond donors (Lipinski definition) is 1. The van der Waals surface area contributed by atoms with Gasteiger partial charge in [0, 0.05) is 18.7 Å². The minimum absolute atomic E-state index is 0.0673. The molecule has 0 aliphatic heterocycles. The second-order valence-electron chi connectivity index (χ2n) is 3.96. The standard InChI is InChI=1S/C14H14ClNO2S/c1-18-7-6-16-14(17)13-8-11(9-19-13)10-2-4-12(15)5-3-10/h2-5,8-9H,6-7H2,1H3,(H,16,17). The lowest BCUT2D eigenvalue weighted by Gasteiger charge is -2.01. The molecule has 2 rings (SSSR count). The normalized spacial score (nSPS) is 10.4. The number of hydrogen-bond acceptors (Lipinski definition) is 3. The van der Waals surface area contributed by atoms with Crippen LogP contribution in [0.3, 0.4) is 0 Å². The molecule has 0 unspecified atom stereocenters. The van der Waals surface area contributed by atoms with Crippen molar-refractivity contribution in [3.63, 3.8) is 0 Å². The number of ether oxygens (including phenoxy) is 1. The Bertz CT molecular complexity index is 551. The third kappa shape index (κ3) is 3.80. The lowest BCUT2D eigenvalue weighted by molar-refractivity contribution is 0.0941. The number of thiophene rings is 1. The zero-order chi connectivity index (χ0) is 13.7. The lowest BCUT2D eigenvalue weighted by Crippen LogP contribution is -2.26. The highest BCUT2D eigenvalue weighted by atomic mass is 35.5. The van der Waals surface area contributed by atoms with Gasteiger partial charge < -0.3 is 10.1 Å². The first-order valence-electron chi connectivity index (χ1n) is 5.82. The molecule has 0 aliphatic carbocycles. The van der Waals surface area contributed by atoms with Gasteiger partial charge >= 0.3 is 0 Å². The van der Waals surface area contributed by atoms with Crippen LogP contribution in [-0.4, -0.2) is 26.2 Å². The molecule has 0 saturated carbocycles. The van der Waals surface area contributed by atoms with Crippen LogP contribution in [0.2, 0.25) is 5.02 Å². The molecule has 1 aromatic heterocycles. The van der Waals surface area contributed by atoms with Crippen molar-refractivity contribution >= 4 is 28.8 Å². The maximum absolute atomic E-state index is 11.8. The maximum Gasteiger partial charge on any atom is 0.261 e. The highest BCUT2D eigenvalue weighted by molar-refractivity contribution is 7.12. The molecular weight excluding hydrogens is 282 g/mol. The van der Waals surface area contributed by atoms with Crippen molar-refractivity contribution in [1.82, 2.24) is 5.32 Å². The zero-order valence-electron chi connectivity index (χ0n) is 10.5.